The highest BCUT2D eigenvalue weighted by molar-refractivity contribution is 5.93. The molecule has 1 atom stereocenters. The second-order valence-corrected chi connectivity index (χ2v) is 4.07. The average molecular weight is 253 g/mol. The number of rotatable bonds is 6. The lowest BCUT2D eigenvalue weighted by atomic mass is 10.1. The molecule has 0 aromatic heterocycles. The summed E-state index contributed by atoms with van der Waals surface area (Å²) in [7, 11) is 0. The number of aliphatic hydroxyl groups excluding tert-OH is 1. The lowest BCUT2D eigenvalue weighted by Gasteiger charge is -2.14. The highest BCUT2D eigenvalue weighted by atomic mass is 16.5. The minimum Gasteiger partial charge on any atom is -0.492 e. The predicted molar refractivity (Wildman–Crippen MR) is 68.6 cm³/mol. The van der Waals surface area contributed by atoms with Crippen LogP contribution >= 0.6 is 0 Å². The van der Waals surface area contributed by atoms with E-state index in [4.69, 9.17) is 20.3 Å². The fourth-order valence-corrected chi connectivity index (χ4v) is 1.33. The third kappa shape index (κ3) is 3.92. The van der Waals surface area contributed by atoms with Crippen molar-refractivity contribution in [3.05, 3.63) is 23.8 Å². The van der Waals surface area contributed by atoms with E-state index >= 15 is 0 Å². The number of hydrogen-bond donors (Lipinski definition) is 2. The molecule has 0 aliphatic heterocycles. The van der Waals surface area contributed by atoms with Crippen LogP contribution in [-0.4, -0.2) is 30.9 Å². The van der Waals surface area contributed by atoms with Gasteiger partial charge < -0.3 is 20.3 Å². The van der Waals surface area contributed by atoms with Gasteiger partial charge in [0.25, 0.3) is 0 Å². The highest BCUT2D eigenvalue weighted by Crippen LogP contribution is 2.23. The summed E-state index contributed by atoms with van der Waals surface area (Å²) in [4.78, 5) is 11.7. The number of nitrogen functional groups attached to an aromatic ring is 1. The fraction of sp³-hybridized carbons (Fsp3) is 0.462. The van der Waals surface area contributed by atoms with Crippen molar-refractivity contribution in [1.29, 1.82) is 0 Å². The second-order valence-electron chi connectivity index (χ2n) is 4.07. The van der Waals surface area contributed by atoms with E-state index in [0.717, 1.165) is 0 Å². The predicted octanol–water partition coefficient (Wildman–Crippen LogP) is 1.45. The largest absolute Gasteiger partial charge is 0.492 e. The topological polar surface area (TPSA) is 81.8 Å². The molecule has 0 fully saturated rings. The summed E-state index contributed by atoms with van der Waals surface area (Å²) in [5.41, 5.74) is 6.42. The Morgan fingerprint density at radius 1 is 1.50 bits per heavy atom. The normalized spacial score (nSPS) is 11.9. The zero-order chi connectivity index (χ0) is 13.5. The molecule has 1 rings (SSSR count). The third-order valence-electron chi connectivity index (χ3n) is 2.33. The van der Waals surface area contributed by atoms with Crippen molar-refractivity contribution in [3.8, 4) is 5.75 Å². The van der Waals surface area contributed by atoms with Gasteiger partial charge in [0.1, 0.15) is 11.3 Å². The van der Waals surface area contributed by atoms with Gasteiger partial charge in [-0.25, -0.2) is 4.79 Å². The Balaban J connectivity index is 2.86. The summed E-state index contributed by atoms with van der Waals surface area (Å²) in [5, 5.41) is 8.93. The molecule has 0 radical (unpaired) electrons. The highest BCUT2D eigenvalue weighted by Gasteiger charge is 2.15. The Bertz CT molecular complexity index is 406. The van der Waals surface area contributed by atoms with Gasteiger partial charge in [-0.2, -0.15) is 0 Å². The quantitative estimate of drug-likeness (QED) is 0.592. The SMILES string of the molecule is CCOC(=O)c1cc(N)ccc1OCC(C)CO. The van der Waals surface area contributed by atoms with Gasteiger partial charge >= 0.3 is 5.97 Å². The molecule has 5 heteroatoms. The van der Waals surface area contributed by atoms with Gasteiger partial charge in [-0.05, 0) is 25.1 Å². The first-order valence-corrected chi connectivity index (χ1v) is 5.88. The number of aliphatic hydroxyl groups is 1. The summed E-state index contributed by atoms with van der Waals surface area (Å²) in [6.45, 7) is 4.23. The molecule has 1 aromatic carbocycles. The molecule has 18 heavy (non-hydrogen) atoms. The number of benzene rings is 1. The van der Waals surface area contributed by atoms with Gasteiger partial charge in [-0.3, -0.25) is 0 Å². The molecule has 5 nitrogen and oxygen atoms in total. The van der Waals surface area contributed by atoms with Crippen LogP contribution in [0.25, 0.3) is 0 Å². The Labute approximate surface area is 107 Å². The molecule has 0 saturated carbocycles. The minimum absolute atomic E-state index is 0.00222. The van der Waals surface area contributed by atoms with Crippen molar-refractivity contribution in [3.63, 3.8) is 0 Å². The standard InChI is InChI=1S/C13H19NO4/c1-3-17-13(16)11-6-10(14)4-5-12(11)18-8-9(2)7-15/h4-6,9,15H,3,7-8,14H2,1-2H3. The smallest absolute Gasteiger partial charge is 0.341 e. The van der Waals surface area contributed by atoms with Gasteiger partial charge in [-0.1, -0.05) is 6.92 Å². The Hall–Kier alpha value is -1.75. The number of nitrogens with two attached hydrogens (primary N) is 1. The van der Waals surface area contributed by atoms with E-state index in [1.165, 1.54) is 6.07 Å². The van der Waals surface area contributed by atoms with Crippen LogP contribution in [0, 0.1) is 5.92 Å². The first kappa shape index (κ1) is 14.3. The summed E-state index contributed by atoms with van der Waals surface area (Å²) in [5.74, 6) is -0.0444. The van der Waals surface area contributed by atoms with Gasteiger partial charge in [0.05, 0.1) is 13.2 Å². The van der Waals surface area contributed by atoms with Crippen molar-refractivity contribution < 1.29 is 19.4 Å². The maximum Gasteiger partial charge on any atom is 0.341 e. The first-order valence-electron chi connectivity index (χ1n) is 5.88. The van der Waals surface area contributed by atoms with E-state index in [0.29, 0.717) is 30.2 Å². The zero-order valence-electron chi connectivity index (χ0n) is 10.7. The Kier molecular flexibility index (Phi) is 5.45. The molecule has 100 valence electrons. The van der Waals surface area contributed by atoms with Crippen LogP contribution in [0.1, 0.15) is 24.2 Å². The number of carbonyl (C=O) groups is 1. The van der Waals surface area contributed by atoms with Crippen molar-refractivity contribution in [1.82, 2.24) is 0 Å². The van der Waals surface area contributed by atoms with E-state index in [1.54, 1.807) is 19.1 Å². The fourth-order valence-electron chi connectivity index (χ4n) is 1.33. The molecule has 1 aromatic rings. The summed E-state index contributed by atoms with van der Waals surface area (Å²) < 4.78 is 10.4. The summed E-state index contributed by atoms with van der Waals surface area (Å²) in [6.07, 6.45) is 0. The van der Waals surface area contributed by atoms with Crippen LogP contribution < -0.4 is 10.5 Å². The lowest BCUT2D eigenvalue weighted by Crippen LogP contribution is -2.15. The third-order valence-corrected chi connectivity index (χ3v) is 2.33. The summed E-state index contributed by atoms with van der Waals surface area (Å²) >= 11 is 0. The van der Waals surface area contributed by atoms with Crippen LogP contribution in [0.3, 0.4) is 0 Å². The zero-order valence-corrected chi connectivity index (χ0v) is 10.7. The lowest BCUT2D eigenvalue weighted by molar-refractivity contribution is 0.0520. The monoisotopic (exact) mass is 253 g/mol. The van der Waals surface area contributed by atoms with Crippen molar-refractivity contribution in [2.24, 2.45) is 5.92 Å². The van der Waals surface area contributed by atoms with Gasteiger partial charge in [-0.15, -0.1) is 0 Å². The number of esters is 1. The number of carbonyl (C=O) groups excluding carboxylic acids is 1. The second kappa shape index (κ2) is 6.86. The number of anilines is 1. The first-order chi connectivity index (χ1) is 8.58. The molecule has 0 heterocycles. The molecule has 0 amide bonds. The van der Waals surface area contributed by atoms with Crippen molar-refractivity contribution >= 4 is 11.7 Å². The minimum atomic E-state index is -0.462. The van der Waals surface area contributed by atoms with Crippen LogP contribution in [-0.2, 0) is 4.74 Å². The van der Waals surface area contributed by atoms with E-state index in [9.17, 15) is 4.79 Å². The average Bonchev–Trinajstić information content (AvgIpc) is 2.37. The molecule has 0 bridgehead atoms. The molecular formula is C13H19NO4. The van der Waals surface area contributed by atoms with Crippen molar-refractivity contribution in [2.75, 3.05) is 25.6 Å². The molecule has 1 unspecified atom stereocenters. The van der Waals surface area contributed by atoms with Gasteiger partial charge in [0.15, 0.2) is 0 Å². The van der Waals surface area contributed by atoms with Gasteiger partial charge in [0.2, 0.25) is 0 Å². The summed E-state index contributed by atoms with van der Waals surface area (Å²) in [6, 6.07) is 4.81. The number of hydrogen-bond acceptors (Lipinski definition) is 5. The molecule has 3 N–H and O–H groups in total. The van der Waals surface area contributed by atoms with Crippen molar-refractivity contribution in [2.45, 2.75) is 13.8 Å². The molecule has 0 saturated heterocycles. The van der Waals surface area contributed by atoms with E-state index in [2.05, 4.69) is 0 Å². The molecular weight excluding hydrogens is 234 g/mol. The van der Waals surface area contributed by atoms with E-state index in [1.807, 2.05) is 6.92 Å². The van der Waals surface area contributed by atoms with Crippen LogP contribution in [0.2, 0.25) is 0 Å². The maximum atomic E-state index is 11.7. The maximum absolute atomic E-state index is 11.7. The molecule has 0 aliphatic carbocycles. The van der Waals surface area contributed by atoms with Crippen LogP contribution in [0.5, 0.6) is 5.75 Å². The van der Waals surface area contributed by atoms with Crippen LogP contribution in [0.4, 0.5) is 5.69 Å². The Morgan fingerprint density at radius 3 is 2.83 bits per heavy atom. The van der Waals surface area contributed by atoms with E-state index < -0.39 is 5.97 Å². The molecule has 0 spiro atoms. The Morgan fingerprint density at radius 2 is 2.22 bits per heavy atom. The van der Waals surface area contributed by atoms with Crippen LogP contribution in [0.15, 0.2) is 18.2 Å². The van der Waals surface area contributed by atoms with E-state index in [-0.39, 0.29) is 12.5 Å². The molecule has 0 aliphatic rings. The van der Waals surface area contributed by atoms with Gasteiger partial charge in [0, 0.05) is 18.2 Å². The number of ether oxygens (including phenoxy) is 2.